The van der Waals surface area contributed by atoms with Gasteiger partial charge in [0.15, 0.2) is 0 Å². The quantitative estimate of drug-likeness (QED) is 0.822. The van der Waals surface area contributed by atoms with E-state index in [0.29, 0.717) is 13.0 Å². The molecule has 126 valence electrons. The number of hydrogen-bond donors (Lipinski definition) is 2. The highest BCUT2D eigenvalue weighted by molar-refractivity contribution is 5.88. The Kier molecular flexibility index (Phi) is 5.44. The van der Waals surface area contributed by atoms with Gasteiger partial charge in [0.25, 0.3) is 0 Å². The number of rotatable bonds is 7. The van der Waals surface area contributed by atoms with Crippen molar-refractivity contribution in [3.05, 3.63) is 35.1 Å². The summed E-state index contributed by atoms with van der Waals surface area (Å²) < 4.78 is 10.7. The van der Waals surface area contributed by atoms with Gasteiger partial charge in [-0.25, -0.2) is 0 Å². The molecule has 1 unspecified atom stereocenters. The molecule has 1 aromatic heterocycles. The maximum atomic E-state index is 12.4. The minimum Gasteiger partial charge on any atom is -0.464 e. The summed E-state index contributed by atoms with van der Waals surface area (Å²) in [4.78, 5) is 12.4. The Labute approximate surface area is 136 Å². The smallest absolute Gasteiger partial charge is 0.225 e. The SMILES string of the molecule is COCC(C)(CCO)NC(=O)Cc1coc2cc(C)c(C)cc12. The Hall–Kier alpha value is -1.85. The molecule has 1 atom stereocenters. The predicted molar refractivity (Wildman–Crippen MR) is 89.5 cm³/mol. The van der Waals surface area contributed by atoms with Gasteiger partial charge < -0.3 is 19.6 Å². The van der Waals surface area contributed by atoms with Gasteiger partial charge in [-0.2, -0.15) is 0 Å². The highest BCUT2D eigenvalue weighted by atomic mass is 16.5. The Balaban J connectivity index is 2.15. The number of hydrogen-bond acceptors (Lipinski definition) is 4. The molecule has 2 N–H and O–H groups in total. The van der Waals surface area contributed by atoms with E-state index >= 15 is 0 Å². The zero-order valence-electron chi connectivity index (χ0n) is 14.2. The van der Waals surface area contributed by atoms with Crippen LogP contribution in [0.2, 0.25) is 0 Å². The minimum absolute atomic E-state index is 0.00669. The van der Waals surface area contributed by atoms with Crippen molar-refractivity contribution < 1.29 is 19.1 Å². The summed E-state index contributed by atoms with van der Waals surface area (Å²) in [5.74, 6) is -0.112. The van der Waals surface area contributed by atoms with Gasteiger partial charge in [0.2, 0.25) is 5.91 Å². The van der Waals surface area contributed by atoms with E-state index in [-0.39, 0.29) is 18.9 Å². The molecule has 0 aliphatic rings. The van der Waals surface area contributed by atoms with Gasteiger partial charge in [0, 0.05) is 24.7 Å². The Bertz CT molecular complexity index is 684. The monoisotopic (exact) mass is 319 g/mol. The second kappa shape index (κ2) is 7.15. The molecule has 23 heavy (non-hydrogen) atoms. The molecule has 0 saturated carbocycles. The normalized spacial score (nSPS) is 14.0. The van der Waals surface area contributed by atoms with Crippen LogP contribution in [0.25, 0.3) is 11.0 Å². The van der Waals surface area contributed by atoms with Crippen molar-refractivity contribution in [3.8, 4) is 0 Å². The molecule has 0 bridgehead atoms. The number of carbonyl (C=O) groups excluding carboxylic acids is 1. The Morgan fingerprint density at radius 2 is 2.04 bits per heavy atom. The van der Waals surface area contributed by atoms with Crippen LogP contribution in [0, 0.1) is 13.8 Å². The molecule has 1 aromatic carbocycles. The van der Waals surface area contributed by atoms with Crippen molar-refractivity contribution >= 4 is 16.9 Å². The van der Waals surface area contributed by atoms with Crippen LogP contribution in [0.1, 0.15) is 30.0 Å². The zero-order chi connectivity index (χ0) is 17.0. The van der Waals surface area contributed by atoms with Crippen LogP contribution >= 0.6 is 0 Å². The van der Waals surface area contributed by atoms with Crippen LogP contribution in [0.3, 0.4) is 0 Å². The first-order valence-corrected chi connectivity index (χ1v) is 7.76. The third kappa shape index (κ3) is 4.12. The fourth-order valence-electron chi connectivity index (χ4n) is 2.76. The largest absolute Gasteiger partial charge is 0.464 e. The lowest BCUT2D eigenvalue weighted by Crippen LogP contribution is -2.50. The standard InChI is InChI=1S/C18H25NO4/c1-12-7-15-14(10-23-16(15)8-13(12)2)9-17(21)19-18(3,5-6-20)11-22-4/h7-8,10,20H,5-6,9,11H2,1-4H3,(H,19,21). The summed E-state index contributed by atoms with van der Waals surface area (Å²) in [6, 6.07) is 4.05. The third-order valence-electron chi connectivity index (χ3n) is 4.19. The first-order valence-electron chi connectivity index (χ1n) is 7.76. The van der Waals surface area contributed by atoms with Crippen molar-refractivity contribution in [2.45, 2.75) is 39.2 Å². The van der Waals surface area contributed by atoms with Crippen LogP contribution in [-0.2, 0) is 16.0 Å². The molecular formula is C18H25NO4. The average Bonchev–Trinajstić information content (AvgIpc) is 2.81. The number of aryl methyl sites for hydroxylation is 2. The number of amides is 1. The number of carbonyl (C=O) groups is 1. The van der Waals surface area contributed by atoms with E-state index in [1.165, 1.54) is 11.1 Å². The van der Waals surface area contributed by atoms with Crippen LogP contribution < -0.4 is 5.32 Å². The number of nitrogens with one attached hydrogen (secondary N) is 1. The number of benzene rings is 1. The van der Waals surface area contributed by atoms with Crippen molar-refractivity contribution in [1.29, 1.82) is 0 Å². The van der Waals surface area contributed by atoms with Crippen molar-refractivity contribution in [1.82, 2.24) is 5.32 Å². The van der Waals surface area contributed by atoms with Gasteiger partial charge in [-0.15, -0.1) is 0 Å². The van der Waals surface area contributed by atoms with E-state index in [1.54, 1.807) is 13.4 Å². The van der Waals surface area contributed by atoms with Crippen molar-refractivity contribution in [2.75, 3.05) is 20.3 Å². The number of fused-ring (bicyclic) bond motifs is 1. The lowest BCUT2D eigenvalue weighted by atomic mass is 9.98. The molecule has 5 nitrogen and oxygen atoms in total. The first-order chi connectivity index (χ1) is 10.9. The summed E-state index contributed by atoms with van der Waals surface area (Å²) in [5, 5.41) is 13.1. The minimum atomic E-state index is -0.577. The molecule has 5 heteroatoms. The highest BCUT2D eigenvalue weighted by Gasteiger charge is 2.26. The molecule has 0 aliphatic heterocycles. The van der Waals surface area contributed by atoms with Gasteiger partial charge in [0.1, 0.15) is 5.58 Å². The molecule has 0 radical (unpaired) electrons. The summed E-state index contributed by atoms with van der Waals surface area (Å²) >= 11 is 0. The number of methoxy groups -OCH3 is 1. The second-order valence-corrected chi connectivity index (χ2v) is 6.39. The highest BCUT2D eigenvalue weighted by Crippen LogP contribution is 2.25. The maximum Gasteiger partial charge on any atom is 0.225 e. The predicted octanol–water partition coefficient (Wildman–Crippen LogP) is 2.50. The Morgan fingerprint density at radius 1 is 1.35 bits per heavy atom. The van der Waals surface area contributed by atoms with Crippen LogP contribution in [-0.4, -0.2) is 36.9 Å². The van der Waals surface area contributed by atoms with Gasteiger partial charge in [-0.1, -0.05) is 0 Å². The van der Waals surface area contributed by atoms with E-state index in [2.05, 4.69) is 11.4 Å². The first kappa shape index (κ1) is 17.5. The Morgan fingerprint density at radius 3 is 2.70 bits per heavy atom. The summed E-state index contributed by atoms with van der Waals surface area (Å²) in [6.45, 7) is 6.29. The molecule has 0 aliphatic carbocycles. The lowest BCUT2D eigenvalue weighted by Gasteiger charge is -2.29. The molecule has 0 spiro atoms. The van der Waals surface area contributed by atoms with Crippen LogP contribution in [0.5, 0.6) is 0 Å². The van der Waals surface area contributed by atoms with Gasteiger partial charge >= 0.3 is 0 Å². The average molecular weight is 319 g/mol. The second-order valence-electron chi connectivity index (χ2n) is 6.39. The zero-order valence-corrected chi connectivity index (χ0v) is 14.2. The van der Waals surface area contributed by atoms with E-state index in [4.69, 9.17) is 9.15 Å². The number of aliphatic hydroxyl groups is 1. The third-order valence-corrected chi connectivity index (χ3v) is 4.19. The summed E-state index contributed by atoms with van der Waals surface area (Å²) in [6.07, 6.45) is 2.32. The molecule has 2 aromatic rings. The van der Waals surface area contributed by atoms with E-state index in [9.17, 15) is 9.90 Å². The van der Waals surface area contributed by atoms with Gasteiger partial charge in [-0.3, -0.25) is 4.79 Å². The molecular weight excluding hydrogens is 294 g/mol. The van der Waals surface area contributed by atoms with Crippen LogP contribution in [0.4, 0.5) is 0 Å². The number of ether oxygens (including phenoxy) is 1. The van der Waals surface area contributed by atoms with E-state index in [1.807, 2.05) is 26.8 Å². The molecule has 2 rings (SSSR count). The molecule has 0 fully saturated rings. The molecule has 1 amide bonds. The summed E-state index contributed by atoms with van der Waals surface area (Å²) in [7, 11) is 1.58. The lowest BCUT2D eigenvalue weighted by molar-refractivity contribution is -0.123. The fraction of sp³-hybridized carbons (Fsp3) is 0.500. The number of furan rings is 1. The van der Waals surface area contributed by atoms with E-state index < -0.39 is 5.54 Å². The topological polar surface area (TPSA) is 71.7 Å². The van der Waals surface area contributed by atoms with Crippen molar-refractivity contribution in [2.24, 2.45) is 0 Å². The number of aliphatic hydroxyl groups excluding tert-OH is 1. The maximum absolute atomic E-state index is 12.4. The molecule has 0 saturated heterocycles. The summed E-state index contributed by atoms with van der Waals surface area (Å²) in [5.41, 5.74) is 3.42. The van der Waals surface area contributed by atoms with Crippen LogP contribution in [0.15, 0.2) is 22.8 Å². The van der Waals surface area contributed by atoms with Gasteiger partial charge in [-0.05, 0) is 50.5 Å². The fourth-order valence-corrected chi connectivity index (χ4v) is 2.76. The van der Waals surface area contributed by atoms with Gasteiger partial charge in [0.05, 0.1) is 24.8 Å². The molecule has 1 heterocycles. The van der Waals surface area contributed by atoms with Crippen molar-refractivity contribution in [3.63, 3.8) is 0 Å². The van der Waals surface area contributed by atoms with E-state index in [0.717, 1.165) is 16.5 Å².